The monoisotopic (exact) mass is 372 g/mol. The number of halogens is 1. The van der Waals surface area contributed by atoms with Crippen molar-refractivity contribution in [1.29, 1.82) is 0 Å². The summed E-state index contributed by atoms with van der Waals surface area (Å²) < 4.78 is 27.3. The second-order valence-electron chi connectivity index (χ2n) is 7.01. The molecular formula is C18H29ClN2O2S. The Morgan fingerprint density at radius 1 is 1.00 bits per heavy atom. The molecule has 1 saturated carbocycles. The molecule has 24 heavy (non-hydrogen) atoms. The molecule has 1 aromatic carbocycles. The highest BCUT2D eigenvalue weighted by Gasteiger charge is 2.29. The fraction of sp³-hybridized carbons (Fsp3) is 0.667. The van der Waals surface area contributed by atoms with Crippen molar-refractivity contribution < 1.29 is 8.42 Å². The third-order valence-corrected chi connectivity index (χ3v) is 7.29. The van der Waals surface area contributed by atoms with Crippen LogP contribution in [0.4, 0.5) is 0 Å². The van der Waals surface area contributed by atoms with Gasteiger partial charge in [-0.15, -0.1) is 12.4 Å². The summed E-state index contributed by atoms with van der Waals surface area (Å²) in [5.74, 6) is 0.900. The fourth-order valence-electron chi connectivity index (χ4n) is 3.93. The van der Waals surface area contributed by atoms with Crippen molar-refractivity contribution in [1.82, 2.24) is 4.31 Å². The Kier molecular flexibility index (Phi) is 7.10. The molecule has 2 N–H and O–H groups in total. The molecule has 0 aromatic heterocycles. The van der Waals surface area contributed by atoms with E-state index in [1.54, 1.807) is 16.4 Å². The highest BCUT2D eigenvalue weighted by atomic mass is 35.5. The Morgan fingerprint density at radius 3 is 2.29 bits per heavy atom. The molecule has 3 rings (SSSR count). The summed E-state index contributed by atoms with van der Waals surface area (Å²) in [4.78, 5) is 0.426. The number of sulfonamides is 1. The minimum Gasteiger partial charge on any atom is -0.330 e. The van der Waals surface area contributed by atoms with Gasteiger partial charge in [-0.2, -0.15) is 4.31 Å². The minimum atomic E-state index is -3.37. The minimum absolute atomic E-state index is 0. The molecule has 136 valence electrons. The van der Waals surface area contributed by atoms with Crippen LogP contribution >= 0.6 is 12.4 Å². The van der Waals surface area contributed by atoms with E-state index in [4.69, 9.17) is 5.73 Å². The summed E-state index contributed by atoms with van der Waals surface area (Å²) >= 11 is 0. The number of hydrogen-bond acceptors (Lipinski definition) is 3. The molecule has 4 nitrogen and oxygen atoms in total. The van der Waals surface area contributed by atoms with Gasteiger partial charge in [-0.3, -0.25) is 0 Å². The molecule has 0 amide bonds. The lowest BCUT2D eigenvalue weighted by atomic mass is 9.84. The third-order valence-electron chi connectivity index (χ3n) is 5.41. The Balaban J connectivity index is 0.00000208. The molecule has 0 spiro atoms. The van der Waals surface area contributed by atoms with Crippen LogP contribution < -0.4 is 5.73 Å². The quantitative estimate of drug-likeness (QED) is 0.879. The zero-order valence-corrected chi connectivity index (χ0v) is 15.8. The Hall–Kier alpha value is -0.620. The molecule has 0 bridgehead atoms. The molecule has 1 unspecified atom stereocenters. The van der Waals surface area contributed by atoms with Crippen LogP contribution in [0.25, 0.3) is 0 Å². The van der Waals surface area contributed by atoms with E-state index in [1.165, 1.54) is 37.7 Å². The Bertz CT molecular complexity index is 612. The second kappa shape index (κ2) is 8.65. The van der Waals surface area contributed by atoms with Crippen LogP contribution in [0.2, 0.25) is 0 Å². The van der Waals surface area contributed by atoms with E-state index in [1.807, 2.05) is 12.1 Å². The SMILES string of the molecule is Cl.NCC1CCCN(S(=O)(=O)c2ccc(C3CCCCC3)cc2)C1. The summed E-state index contributed by atoms with van der Waals surface area (Å²) in [6.07, 6.45) is 8.31. The van der Waals surface area contributed by atoms with Gasteiger partial charge in [0.2, 0.25) is 10.0 Å². The van der Waals surface area contributed by atoms with Crippen molar-refractivity contribution in [3.63, 3.8) is 0 Å². The second-order valence-corrected chi connectivity index (χ2v) is 8.95. The van der Waals surface area contributed by atoms with Gasteiger partial charge in [0.1, 0.15) is 0 Å². The number of piperidine rings is 1. The standard InChI is InChI=1S/C18H28N2O2S.ClH/c19-13-15-5-4-12-20(14-15)23(21,22)18-10-8-17(9-11-18)16-6-2-1-3-7-16;/h8-11,15-16H,1-7,12-14,19H2;1H. The maximum atomic E-state index is 12.8. The molecule has 1 aromatic rings. The summed E-state index contributed by atoms with van der Waals surface area (Å²) in [7, 11) is -3.37. The van der Waals surface area contributed by atoms with Crippen LogP contribution in [0, 0.1) is 5.92 Å². The number of nitrogens with zero attached hydrogens (tertiary/aromatic N) is 1. The van der Waals surface area contributed by atoms with Crippen LogP contribution in [-0.4, -0.2) is 32.4 Å². The lowest BCUT2D eigenvalue weighted by molar-refractivity contribution is 0.271. The van der Waals surface area contributed by atoms with Gasteiger partial charge in [-0.25, -0.2) is 8.42 Å². The molecule has 1 heterocycles. The van der Waals surface area contributed by atoms with E-state index in [9.17, 15) is 8.42 Å². The highest BCUT2D eigenvalue weighted by Crippen LogP contribution is 2.33. The fourth-order valence-corrected chi connectivity index (χ4v) is 5.49. The predicted octanol–water partition coefficient (Wildman–Crippen LogP) is 3.52. The molecule has 0 radical (unpaired) electrons. The largest absolute Gasteiger partial charge is 0.330 e. The lowest BCUT2D eigenvalue weighted by Gasteiger charge is -2.31. The lowest BCUT2D eigenvalue weighted by Crippen LogP contribution is -2.41. The van der Waals surface area contributed by atoms with Gasteiger partial charge in [0.15, 0.2) is 0 Å². The van der Waals surface area contributed by atoms with Gasteiger partial charge in [0.25, 0.3) is 0 Å². The van der Waals surface area contributed by atoms with Gasteiger partial charge in [-0.1, -0.05) is 31.4 Å². The first-order valence-electron chi connectivity index (χ1n) is 8.91. The van der Waals surface area contributed by atoms with Gasteiger partial charge in [0.05, 0.1) is 4.90 Å². The first-order valence-corrected chi connectivity index (χ1v) is 10.4. The zero-order valence-electron chi connectivity index (χ0n) is 14.2. The Labute approximate surface area is 152 Å². The molecule has 2 fully saturated rings. The van der Waals surface area contributed by atoms with Crippen LogP contribution in [0.1, 0.15) is 56.4 Å². The van der Waals surface area contributed by atoms with Crippen LogP contribution in [0.5, 0.6) is 0 Å². The molecule has 6 heteroatoms. The van der Waals surface area contributed by atoms with Crippen molar-refractivity contribution >= 4 is 22.4 Å². The topological polar surface area (TPSA) is 63.4 Å². The summed E-state index contributed by atoms with van der Waals surface area (Å²) in [6, 6.07) is 7.64. The predicted molar refractivity (Wildman–Crippen MR) is 100 cm³/mol. The maximum Gasteiger partial charge on any atom is 0.243 e. The summed E-state index contributed by atoms with van der Waals surface area (Å²) in [5, 5.41) is 0. The van der Waals surface area contributed by atoms with Gasteiger partial charge < -0.3 is 5.73 Å². The van der Waals surface area contributed by atoms with Gasteiger partial charge >= 0.3 is 0 Å². The molecule has 1 aliphatic carbocycles. The van der Waals surface area contributed by atoms with Crippen LogP contribution in [0.3, 0.4) is 0 Å². The number of hydrogen-bond donors (Lipinski definition) is 1. The first kappa shape index (κ1) is 19.7. The van der Waals surface area contributed by atoms with Crippen LogP contribution in [-0.2, 0) is 10.0 Å². The Morgan fingerprint density at radius 2 is 1.67 bits per heavy atom. The molecule has 1 saturated heterocycles. The van der Waals surface area contributed by atoms with Crippen molar-refractivity contribution in [2.24, 2.45) is 11.7 Å². The highest BCUT2D eigenvalue weighted by molar-refractivity contribution is 7.89. The molecule has 1 aliphatic heterocycles. The maximum absolute atomic E-state index is 12.8. The van der Waals surface area contributed by atoms with Crippen LogP contribution in [0.15, 0.2) is 29.2 Å². The summed E-state index contributed by atoms with van der Waals surface area (Å²) in [5.41, 5.74) is 7.02. The summed E-state index contributed by atoms with van der Waals surface area (Å²) in [6.45, 7) is 1.74. The number of nitrogens with two attached hydrogens (primary N) is 1. The third kappa shape index (κ3) is 4.31. The van der Waals surface area contributed by atoms with E-state index >= 15 is 0 Å². The van der Waals surface area contributed by atoms with E-state index in [0.29, 0.717) is 36.4 Å². The average Bonchev–Trinajstić information content (AvgIpc) is 2.62. The molecule has 2 aliphatic rings. The number of benzene rings is 1. The van der Waals surface area contributed by atoms with Gasteiger partial charge in [0, 0.05) is 13.1 Å². The van der Waals surface area contributed by atoms with Crippen molar-refractivity contribution in [3.05, 3.63) is 29.8 Å². The smallest absolute Gasteiger partial charge is 0.243 e. The zero-order chi connectivity index (χ0) is 16.3. The van der Waals surface area contributed by atoms with E-state index in [-0.39, 0.29) is 12.4 Å². The normalized spacial score (nSPS) is 23.6. The first-order chi connectivity index (χ1) is 11.1. The van der Waals surface area contributed by atoms with Gasteiger partial charge in [-0.05, 0) is 61.8 Å². The number of rotatable bonds is 4. The van der Waals surface area contributed by atoms with E-state index in [0.717, 1.165) is 12.8 Å². The van der Waals surface area contributed by atoms with Crippen molar-refractivity contribution in [2.75, 3.05) is 19.6 Å². The van der Waals surface area contributed by atoms with Crippen molar-refractivity contribution in [2.45, 2.75) is 55.8 Å². The molecular weight excluding hydrogens is 344 g/mol. The van der Waals surface area contributed by atoms with E-state index < -0.39 is 10.0 Å². The molecule has 1 atom stereocenters. The van der Waals surface area contributed by atoms with Crippen molar-refractivity contribution in [3.8, 4) is 0 Å². The average molecular weight is 373 g/mol. The van der Waals surface area contributed by atoms with E-state index in [2.05, 4.69) is 0 Å².